The van der Waals surface area contributed by atoms with Crippen LogP contribution in [0.4, 0.5) is 0 Å². The molecule has 0 spiro atoms. The van der Waals surface area contributed by atoms with E-state index in [1.54, 1.807) is 20.0 Å². The third kappa shape index (κ3) is 4.02. The van der Waals surface area contributed by atoms with E-state index in [1.165, 1.54) is 0 Å². The van der Waals surface area contributed by atoms with Gasteiger partial charge in [0.15, 0.2) is 0 Å². The normalized spacial score (nSPS) is 13.5. The fourth-order valence-electron chi connectivity index (χ4n) is 1.29. The quantitative estimate of drug-likeness (QED) is 0.759. The van der Waals surface area contributed by atoms with Crippen molar-refractivity contribution >= 4 is 5.91 Å². The minimum Gasteiger partial charge on any atom is -0.354 e. The number of hydrogen-bond acceptors (Lipinski definition) is 3. The molecule has 0 radical (unpaired) electrons. The van der Waals surface area contributed by atoms with Crippen molar-refractivity contribution in [3.05, 3.63) is 18.5 Å². The van der Waals surface area contributed by atoms with Crippen LogP contribution in [0.5, 0.6) is 0 Å². The van der Waals surface area contributed by atoms with Crippen LogP contribution in [0.2, 0.25) is 0 Å². The van der Waals surface area contributed by atoms with E-state index >= 15 is 0 Å². The summed E-state index contributed by atoms with van der Waals surface area (Å²) in [6.07, 6.45) is 3.65. The van der Waals surface area contributed by atoms with Gasteiger partial charge in [-0.3, -0.25) is 9.48 Å². The molecule has 0 fully saturated rings. The molecule has 1 atom stereocenters. The van der Waals surface area contributed by atoms with Crippen LogP contribution in [-0.2, 0) is 11.3 Å². The van der Waals surface area contributed by atoms with Crippen molar-refractivity contribution in [1.82, 2.24) is 15.1 Å². The van der Waals surface area contributed by atoms with Gasteiger partial charge < -0.3 is 11.1 Å². The minimum absolute atomic E-state index is 0.125. The average Bonchev–Trinajstić information content (AvgIpc) is 2.65. The summed E-state index contributed by atoms with van der Waals surface area (Å²) in [6.45, 7) is 6.85. The molecule has 0 bridgehead atoms. The predicted molar refractivity (Wildman–Crippen MR) is 62.7 cm³/mol. The summed E-state index contributed by atoms with van der Waals surface area (Å²) < 4.78 is 1.85. The number of amides is 1. The Bertz CT molecular complexity index is 326. The number of nitrogens with two attached hydrogens (primary N) is 1. The summed E-state index contributed by atoms with van der Waals surface area (Å²) in [5.74, 6) is 0.200. The summed E-state index contributed by atoms with van der Waals surface area (Å²) in [6, 6.07) is 1.88. The lowest BCUT2D eigenvalue weighted by atomic mass is 10.1. The number of nitrogens with zero attached hydrogens (tertiary/aromatic N) is 2. The van der Waals surface area contributed by atoms with Crippen LogP contribution < -0.4 is 11.1 Å². The molecule has 16 heavy (non-hydrogen) atoms. The Labute approximate surface area is 96.0 Å². The fraction of sp³-hybridized carbons (Fsp3) is 0.636. The molecule has 1 aromatic heterocycles. The molecule has 1 rings (SSSR count). The summed E-state index contributed by atoms with van der Waals surface area (Å²) in [5.41, 5.74) is 4.86. The molecule has 0 saturated heterocycles. The Balaban J connectivity index is 2.31. The largest absolute Gasteiger partial charge is 0.354 e. The second kappa shape index (κ2) is 5.12. The second-order valence-electron chi connectivity index (χ2n) is 4.76. The van der Waals surface area contributed by atoms with Gasteiger partial charge in [0.05, 0.1) is 5.54 Å². The maximum absolute atomic E-state index is 11.5. The van der Waals surface area contributed by atoms with Gasteiger partial charge in [0.1, 0.15) is 0 Å². The Morgan fingerprint density at radius 3 is 2.81 bits per heavy atom. The Kier molecular flexibility index (Phi) is 4.06. The van der Waals surface area contributed by atoms with Gasteiger partial charge in [-0.2, -0.15) is 5.10 Å². The van der Waals surface area contributed by atoms with Gasteiger partial charge in [0.2, 0.25) is 5.91 Å². The van der Waals surface area contributed by atoms with Crippen LogP contribution in [0.15, 0.2) is 18.5 Å². The van der Waals surface area contributed by atoms with Crippen molar-refractivity contribution in [2.45, 2.75) is 32.9 Å². The molecule has 1 unspecified atom stereocenters. The van der Waals surface area contributed by atoms with E-state index in [2.05, 4.69) is 17.3 Å². The van der Waals surface area contributed by atoms with Crippen molar-refractivity contribution < 1.29 is 4.79 Å². The van der Waals surface area contributed by atoms with E-state index in [0.717, 1.165) is 6.54 Å². The van der Waals surface area contributed by atoms with Crippen molar-refractivity contribution in [2.75, 3.05) is 6.54 Å². The Morgan fingerprint density at radius 2 is 2.31 bits per heavy atom. The summed E-state index contributed by atoms with van der Waals surface area (Å²) in [7, 11) is 0. The van der Waals surface area contributed by atoms with Crippen LogP contribution >= 0.6 is 0 Å². The number of rotatable bonds is 5. The molecule has 0 aromatic carbocycles. The maximum Gasteiger partial charge on any atom is 0.239 e. The lowest BCUT2D eigenvalue weighted by Gasteiger charge is -2.20. The van der Waals surface area contributed by atoms with Gasteiger partial charge in [-0.1, -0.05) is 6.92 Å². The minimum atomic E-state index is -0.814. The molecule has 1 aromatic rings. The van der Waals surface area contributed by atoms with Crippen molar-refractivity contribution in [3.8, 4) is 0 Å². The molecule has 1 heterocycles. The molecule has 0 aliphatic rings. The molecule has 0 saturated carbocycles. The van der Waals surface area contributed by atoms with E-state index in [0.29, 0.717) is 12.5 Å². The third-order valence-corrected chi connectivity index (χ3v) is 2.25. The fourth-order valence-corrected chi connectivity index (χ4v) is 1.29. The molecule has 5 nitrogen and oxygen atoms in total. The molecular weight excluding hydrogens is 204 g/mol. The SMILES string of the molecule is CC(CNC(=O)C(C)(C)N)Cn1cccn1. The molecule has 5 heteroatoms. The zero-order valence-electron chi connectivity index (χ0n) is 10.1. The van der Waals surface area contributed by atoms with Crippen LogP contribution in [0.25, 0.3) is 0 Å². The highest BCUT2D eigenvalue weighted by atomic mass is 16.2. The molecule has 0 aliphatic carbocycles. The van der Waals surface area contributed by atoms with E-state index in [9.17, 15) is 4.79 Å². The first-order valence-corrected chi connectivity index (χ1v) is 5.44. The van der Waals surface area contributed by atoms with Crippen LogP contribution in [0.3, 0.4) is 0 Å². The number of carbonyl (C=O) groups excluding carboxylic acids is 1. The number of nitrogens with one attached hydrogen (secondary N) is 1. The average molecular weight is 224 g/mol. The smallest absolute Gasteiger partial charge is 0.239 e. The number of aromatic nitrogens is 2. The van der Waals surface area contributed by atoms with E-state index < -0.39 is 5.54 Å². The topological polar surface area (TPSA) is 72.9 Å². The van der Waals surface area contributed by atoms with E-state index in [4.69, 9.17) is 5.73 Å². The predicted octanol–water partition coefficient (Wildman–Crippen LogP) is 0.373. The highest BCUT2D eigenvalue weighted by Gasteiger charge is 2.21. The first-order chi connectivity index (χ1) is 7.39. The van der Waals surface area contributed by atoms with Crippen molar-refractivity contribution in [3.63, 3.8) is 0 Å². The highest BCUT2D eigenvalue weighted by molar-refractivity contribution is 5.84. The van der Waals surface area contributed by atoms with E-state index in [-0.39, 0.29) is 5.91 Å². The molecule has 0 aliphatic heterocycles. The van der Waals surface area contributed by atoms with Gasteiger partial charge in [0, 0.05) is 25.5 Å². The number of hydrogen-bond donors (Lipinski definition) is 2. The van der Waals surface area contributed by atoms with Crippen molar-refractivity contribution in [2.24, 2.45) is 11.7 Å². The lowest BCUT2D eigenvalue weighted by molar-refractivity contribution is -0.125. The van der Waals surface area contributed by atoms with Gasteiger partial charge in [-0.25, -0.2) is 0 Å². The van der Waals surface area contributed by atoms with Gasteiger partial charge in [-0.15, -0.1) is 0 Å². The summed E-state index contributed by atoms with van der Waals surface area (Å²) in [4.78, 5) is 11.5. The monoisotopic (exact) mass is 224 g/mol. The third-order valence-electron chi connectivity index (χ3n) is 2.25. The van der Waals surface area contributed by atoms with Crippen molar-refractivity contribution in [1.29, 1.82) is 0 Å². The second-order valence-corrected chi connectivity index (χ2v) is 4.76. The summed E-state index contributed by atoms with van der Waals surface area (Å²) >= 11 is 0. The molecule has 3 N–H and O–H groups in total. The molecular formula is C11H20N4O. The lowest BCUT2D eigenvalue weighted by Crippen LogP contribution is -2.50. The van der Waals surface area contributed by atoms with E-state index in [1.807, 2.05) is 16.9 Å². The zero-order valence-corrected chi connectivity index (χ0v) is 10.1. The van der Waals surface area contributed by atoms with Crippen LogP contribution in [-0.4, -0.2) is 27.8 Å². The summed E-state index contributed by atoms with van der Waals surface area (Å²) in [5, 5.41) is 6.94. The molecule has 1 amide bonds. The maximum atomic E-state index is 11.5. The highest BCUT2D eigenvalue weighted by Crippen LogP contribution is 2.00. The Hall–Kier alpha value is -1.36. The van der Waals surface area contributed by atoms with Gasteiger partial charge in [0.25, 0.3) is 0 Å². The molecule has 90 valence electrons. The first-order valence-electron chi connectivity index (χ1n) is 5.44. The first kappa shape index (κ1) is 12.7. The number of carbonyl (C=O) groups is 1. The van der Waals surface area contributed by atoms with Crippen LogP contribution in [0.1, 0.15) is 20.8 Å². The zero-order chi connectivity index (χ0) is 12.2. The van der Waals surface area contributed by atoms with Crippen LogP contribution in [0, 0.1) is 5.92 Å². The van der Waals surface area contributed by atoms with Gasteiger partial charge in [-0.05, 0) is 25.8 Å². The Morgan fingerprint density at radius 1 is 1.62 bits per heavy atom. The van der Waals surface area contributed by atoms with Gasteiger partial charge >= 0.3 is 0 Å². The standard InChI is InChI=1S/C11H20N4O/c1-9(8-15-6-4-5-14-15)7-13-10(16)11(2,3)12/h4-6,9H,7-8,12H2,1-3H3,(H,13,16).